The van der Waals surface area contributed by atoms with E-state index in [0.717, 1.165) is 18.6 Å². The smallest absolute Gasteiger partial charge is 0.368 e. The molecule has 23 heavy (non-hydrogen) atoms. The van der Waals surface area contributed by atoms with E-state index in [4.69, 9.17) is 5.73 Å². The number of nitrogens with zero attached hydrogens (tertiary/aromatic N) is 1. The van der Waals surface area contributed by atoms with Crippen LogP contribution in [-0.2, 0) is 22.3 Å². The number of nitrogens with two attached hydrogens (primary N) is 1. The minimum Gasteiger partial charge on any atom is -0.368 e. The number of amides is 2. The molecule has 1 unspecified atom stereocenters. The van der Waals surface area contributed by atoms with Gasteiger partial charge in [-0.3, -0.25) is 9.59 Å². The zero-order valence-corrected chi connectivity index (χ0v) is 12.4. The van der Waals surface area contributed by atoms with Crippen molar-refractivity contribution in [1.82, 2.24) is 10.2 Å². The number of primary amides is 1. The topological polar surface area (TPSA) is 75.4 Å². The number of halogens is 3. The number of rotatable bonds is 5. The maximum atomic E-state index is 12.8. The van der Waals surface area contributed by atoms with E-state index in [1.165, 1.54) is 17.0 Å². The Labute approximate surface area is 131 Å². The van der Waals surface area contributed by atoms with Crippen molar-refractivity contribution in [3.63, 3.8) is 0 Å². The second kappa shape index (κ2) is 6.99. The molecule has 8 heteroatoms. The molecule has 1 aromatic carbocycles. The van der Waals surface area contributed by atoms with E-state index < -0.39 is 23.7 Å². The van der Waals surface area contributed by atoms with Crippen LogP contribution in [0.3, 0.4) is 0 Å². The Morgan fingerprint density at radius 2 is 2.09 bits per heavy atom. The molecule has 1 aromatic rings. The molecule has 1 aliphatic heterocycles. The molecule has 1 saturated heterocycles. The van der Waals surface area contributed by atoms with Crippen LogP contribution in [0.2, 0.25) is 0 Å². The van der Waals surface area contributed by atoms with E-state index in [1.54, 1.807) is 0 Å². The molecule has 1 atom stereocenters. The van der Waals surface area contributed by atoms with Crippen molar-refractivity contribution in [3.8, 4) is 0 Å². The molecule has 1 aliphatic rings. The van der Waals surface area contributed by atoms with Gasteiger partial charge in [-0.2, -0.15) is 13.2 Å². The van der Waals surface area contributed by atoms with Crippen LogP contribution in [0.25, 0.3) is 0 Å². The molecule has 0 radical (unpaired) electrons. The maximum Gasteiger partial charge on any atom is 0.416 e. The van der Waals surface area contributed by atoms with E-state index >= 15 is 0 Å². The van der Waals surface area contributed by atoms with E-state index in [1.807, 2.05) is 0 Å². The van der Waals surface area contributed by atoms with Crippen molar-refractivity contribution in [2.24, 2.45) is 5.73 Å². The minimum atomic E-state index is -4.46. The number of carbonyl (C=O) groups excluding carboxylic acids is 2. The predicted molar refractivity (Wildman–Crippen MR) is 77.1 cm³/mol. The summed E-state index contributed by atoms with van der Waals surface area (Å²) >= 11 is 0. The van der Waals surface area contributed by atoms with Crippen molar-refractivity contribution >= 4 is 11.8 Å². The fourth-order valence-corrected chi connectivity index (χ4v) is 2.58. The summed E-state index contributed by atoms with van der Waals surface area (Å²) in [6.45, 7) is 0.279. The van der Waals surface area contributed by atoms with Crippen molar-refractivity contribution in [2.45, 2.75) is 31.6 Å². The quantitative estimate of drug-likeness (QED) is 0.854. The first-order valence-electron chi connectivity index (χ1n) is 7.24. The van der Waals surface area contributed by atoms with Gasteiger partial charge >= 0.3 is 6.18 Å². The molecule has 3 N–H and O–H groups in total. The number of carbonyl (C=O) groups is 2. The summed E-state index contributed by atoms with van der Waals surface area (Å²) in [5, 5.41) is 3.01. The van der Waals surface area contributed by atoms with Crippen LogP contribution >= 0.6 is 0 Å². The number of hydrogen-bond donors (Lipinski definition) is 2. The first-order chi connectivity index (χ1) is 10.8. The Balaban J connectivity index is 2.17. The molecule has 1 heterocycles. The lowest BCUT2D eigenvalue weighted by molar-refractivity contribution is -0.138. The molecule has 1 fully saturated rings. The van der Waals surface area contributed by atoms with Crippen LogP contribution in [0.4, 0.5) is 13.2 Å². The van der Waals surface area contributed by atoms with E-state index in [9.17, 15) is 22.8 Å². The summed E-state index contributed by atoms with van der Waals surface area (Å²) in [5.41, 5.74) is 4.66. The van der Waals surface area contributed by atoms with Gasteiger partial charge in [0, 0.05) is 6.54 Å². The molecule has 126 valence electrons. The van der Waals surface area contributed by atoms with Crippen LogP contribution in [0.15, 0.2) is 24.3 Å². The molecule has 0 saturated carbocycles. The van der Waals surface area contributed by atoms with Gasteiger partial charge in [-0.15, -0.1) is 0 Å². The fraction of sp³-hybridized carbons (Fsp3) is 0.467. The van der Waals surface area contributed by atoms with Gasteiger partial charge in [0.2, 0.25) is 11.8 Å². The van der Waals surface area contributed by atoms with Crippen molar-refractivity contribution < 1.29 is 22.8 Å². The third-order valence-electron chi connectivity index (χ3n) is 3.64. The van der Waals surface area contributed by atoms with Gasteiger partial charge in [0.05, 0.1) is 18.2 Å². The normalized spacial score (nSPS) is 18.0. The summed E-state index contributed by atoms with van der Waals surface area (Å²) in [6.07, 6.45) is -2.98. The highest BCUT2D eigenvalue weighted by Crippen LogP contribution is 2.29. The SMILES string of the molecule is NC(=O)CN(Cc1cccc(C(F)(F)F)c1)C(=O)C1CCCN1. The Morgan fingerprint density at radius 1 is 1.35 bits per heavy atom. The molecule has 0 aliphatic carbocycles. The summed E-state index contributed by atoms with van der Waals surface area (Å²) in [5.74, 6) is -1.03. The van der Waals surface area contributed by atoms with Crippen molar-refractivity contribution in [2.75, 3.05) is 13.1 Å². The predicted octanol–water partition coefficient (Wildman–Crippen LogP) is 1.27. The maximum absolute atomic E-state index is 12.8. The molecular weight excluding hydrogens is 311 g/mol. The van der Waals surface area contributed by atoms with E-state index in [-0.39, 0.29) is 19.0 Å². The highest BCUT2D eigenvalue weighted by molar-refractivity contribution is 5.87. The Morgan fingerprint density at radius 3 is 2.65 bits per heavy atom. The van der Waals surface area contributed by atoms with Gasteiger partial charge in [-0.1, -0.05) is 12.1 Å². The van der Waals surface area contributed by atoms with Gasteiger partial charge in [0.15, 0.2) is 0 Å². The Kier molecular flexibility index (Phi) is 5.25. The van der Waals surface area contributed by atoms with Crippen LogP contribution in [0.5, 0.6) is 0 Å². The highest BCUT2D eigenvalue weighted by atomic mass is 19.4. The van der Waals surface area contributed by atoms with Crippen LogP contribution in [-0.4, -0.2) is 35.8 Å². The summed E-state index contributed by atoms with van der Waals surface area (Å²) in [6, 6.07) is 4.28. The third kappa shape index (κ3) is 4.69. The zero-order valence-electron chi connectivity index (χ0n) is 12.4. The second-order valence-corrected chi connectivity index (χ2v) is 5.51. The van der Waals surface area contributed by atoms with E-state index in [0.29, 0.717) is 18.5 Å². The van der Waals surface area contributed by atoms with Gasteiger partial charge in [-0.05, 0) is 37.1 Å². The number of hydrogen-bond acceptors (Lipinski definition) is 3. The van der Waals surface area contributed by atoms with Gasteiger partial charge < -0.3 is 16.0 Å². The standard InChI is InChI=1S/C15H18F3N3O2/c16-15(17,18)11-4-1-3-10(7-11)8-21(9-13(19)22)14(23)12-5-2-6-20-12/h1,3-4,7,12,20H,2,5-6,8-9H2,(H2,19,22). The average molecular weight is 329 g/mol. The lowest BCUT2D eigenvalue weighted by atomic mass is 10.1. The molecule has 0 aromatic heterocycles. The second-order valence-electron chi connectivity index (χ2n) is 5.51. The van der Waals surface area contributed by atoms with Gasteiger partial charge in [-0.25, -0.2) is 0 Å². The molecular formula is C15H18F3N3O2. The molecule has 5 nitrogen and oxygen atoms in total. The monoisotopic (exact) mass is 329 g/mol. The van der Waals surface area contributed by atoms with Crippen LogP contribution < -0.4 is 11.1 Å². The number of nitrogens with one attached hydrogen (secondary N) is 1. The van der Waals surface area contributed by atoms with Gasteiger partial charge in [0.1, 0.15) is 0 Å². The fourth-order valence-electron chi connectivity index (χ4n) is 2.58. The lowest BCUT2D eigenvalue weighted by Crippen LogP contribution is -2.46. The molecule has 0 bridgehead atoms. The van der Waals surface area contributed by atoms with Crippen molar-refractivity contribution in [3.05, 3.63) is 35.4 Å². The summed E-state index contributed by atoms with van der Waals surface area (Å²) < 4.78 is 38.3. The lowest BCUT2D eigenvalue weighted by Gasteiger charge is -2.25. The molecule has 2 rings (SSSR count). The molecule has 0 spiro atoms. The first-order valence-corrected chi connectivity index (χ1v) is 7.24. The first kappa shape index (κ1) is 17.3. The minimum absolute atomic E-state index is 0.0934. The summed E-state index contributed by atoms with van der Waals surface area (Å²) in [4.78, 5) is 24.8. The third-order valence-corrected chi connectivity index (χ3v) is 3.64. The summed E-state index contributed by atoms with van der Waals surface area (Å²) in [7, 11) is 0. The van der Waals surface area contributed by atoms with Crippen LogP contribution in [0, 0.1) is 0 Å². The number of benzene rings is 1. The van der Waals surface area contributed by atoms with Gasteiger partial charge in [0.25, 0.3) is 0 Å². The van der Waals surface area contributed by atoms with Crippen LogP contribution in [0.1, 0.15) is 24.0 Å². The molecule has 2 amide bonds. The highest BCUT2D eigenvalue weighted by Gasteiger charge is 2.31. The largest absolute Gasteiger partial charge is 0.416 e. The Hall–Kier alpha value is -2.09. The Bertz CT molecular complexity index is 584. The number of alkyl halides is 3. The zero-order chi connectivity index (χ0) is 17.0. The average Bonchev–Trinajstić information content (AvgIpc) is 2.99. The van der Waals surface area contributed by atoms with Crippen molar-refractivity contribution in [1.29, 1.82) is 0 Å². The van der Waals surface area contributed by atoms with E-state index in [2.05, 4.69) is 5.32 Å².